The summed E-state index contributed by atoms with van der Waals surface area (Å²) in [6, 6.07) is 1.93. The minimum Gasteiger partial charge on any atom is -0.369 e. The fourth-order valence-corrected chi connectivity index (χ4v) is 2.45. The quantitative estimate of drug-likeness (QED) is 0.640. The molecule has 2 N–H and O–H groups in total. The fourth-order valence-electron chi connectivity index (χ4n) is 1.85. The normalized spacial score (nSPS) is 15.9. The minimum absolute atomic E-state index is 0.260. The lowest BCUT2D eigenvalue weighted by atomic mass is 10.1. The van der Waals surface area contributed by atoms with E-state index in [0.29, 0.717) is 0 Å². The topological polar surface area (TPSA) is 72.1 Å². The molecule has 5 nitrogen and oxygen atoms in total. The van der Waals surface area contributed by atoms with Crippen LogP contribution in [0.25, 0.3) is 0 Å². The van der Waals surface area contributed by atoms with Gasteiger partial charge >= 0.3 is 0 Å². The number of hydrogen-bond donors (Lipinski definition) is 1. The SMILES string of the molecule is NC(=O)CSc1cc(N2CCCCC2)ncn1. The van der Waals surface area contributed by atoms with Crippen LogP contribution < -0.4 is 10.6 Å². The van der Waals surface area contributed by atoms with Gasteiger partial charge in [0.25, 0.3) is 0 Å². The van der Waals surface area contributed by atoms with Gasteiger partial charge in [0.05, 0.1) is 5.75 Å². The number of amides is 1. The van der Waals surface area contributed by atoms with Crippen LogP contribution in [-0.4, -0.2) is 34.7 Å². The van der Waals surface area contributed by atoms with E-state index in [4.69, 9.17) is 5.73 Å². The predicted octanol–water partition coefficient (Wildman–Crippen LogP) is 1.04. The van der Waals surface area contributed by atoms with Gasteiger partial charge in [0.2, 0.25) is 5.91 Å². The van der Waals surface area contributed by atoms with E-state index in [0.717, 1.165) is 23.9 Å². The molecule has 0 atom stereocenters. The van der Waals surface area contributed by atoms with Gasteiger partial charge in [0.1, 0.15) is 17.2 Å². The monoisotopic (exact) mass is 252 g/mol. The highest BCUT2D eigenvalue weighted by atomic mass is 32.2. The van der Waals surface area contributed by atoms with Crippen molar-refractivity contribution in [3.05, 3.63) is 12.4 Å². The third-order valence-corrected chi connectivity index (χ3v) is 3.62. The van der Waals surface area contributed by atoms with Crippen LogP contribution in [0.5, 0.6) is 0 Å². The minimum atomic E-state index is -0.326. The summed E-state index contributed by atoms with van der Waals surface area (Å²) in [5, 5.41) is 0.805. The molecule has 1 aliphatic rings. The van der Waals surface area contributed by atoms with Crippen LogP contribution in [0.4, 0.5) is 5.82 Å². The molecule has 6 heteroatoms. The molecule has 0 aliphatic carbocycles. The summed E-state index contributed by atoms with van der Waals surface area (Å²) in [6.07, 6.45) is 5.28. The van der Waals surface area contributed by atoms with Crippen molar-refractivity contribution in [2.24, 2.45) is 5.73 Å². The largest absolute Gasteiger partial charge is 0.369 e. The summed E-state index contributed by atoms with van der Waals surface area (Å²) in [5.74, 6) is 0.885. The summed E-state index contributed by atoms with van der Waals surface area (Å²) in [4.78, 5) is 21.4. The van der Waals surface area contributed by atoms with Crippen molar-refractivity contribution in [3.63, 3.8) is 0 Å². The van der Waals surface area contributed by atoms with Gasteiger partial charge in [-0.2, -0.15) is 0 Å². The Hall–Kier alpha value is -1.30. The molecular formula is C11H16N4OS. The highest BCUT2D eigenvalue weighted by Crippen LogP contribution is 2.21. The Kier molecular flexibility index (Phi) is 4.19. The first-order valence-electron chi connectivity index (χ1n) is 5.74. The van der Waals surface area contributed by atoms with Crippen molar-refractivity contribution in [3.8, 4) is 0 Å². The molecular weight excluding hydrogens is 236 g/mol. The Morgan fingerprint density at radius 2 is 2.12 bits per heavy atom. The number of carbonyl (C=O) groups excluding carboxylic acids is 1. The zero-order valence-electron chi connectivity index (χ0n) is 9.63. The van der Waals surface area contributed by atoms with Crippen molar-refractivity contribution in [1.82, 2.24) is 9.97 Å². The van der Waals surface area contributed by atoms with Crippen LogP contribution in [0.2, 0.25) is 0 Å². The molecule has 1 aliphatic heterocycles. The van der Waals surface area contributed by atoms with Gasteiger partial charge in [-0.25, -0.2) is 9.97 Å². The van der Waals surface area contributed by atoms with Crippen LogP contribution in [-0.2, 0) is 4.79 Å². The Morgan fingerprint density at radius 1 is 1.35 bits per heavy atom. The van der Waals surface area contributed by atoms with E-state index in [2.05, 4.69) is 14.9 Å². The summed E-state index contributed by atoms with van der Waals surface area (Å²) in [7, 11) is 0. The molecule has 0 spiro atoms. The van der Waals surface area contributed by atoms with E-state index in [1.54, 1.807) is 6.33 Å². The van der Waals surface area contributed by atoms with Gasteiger partial charge in [0, 0.05) is 19.2 Å². The average Bonchev–Trinajstić information content (AvgIpc) is 2.38. The van der Waals surface area contributed by atoms with Gasteiger partial charge < -0.3 is 10.6 Å². The first kappa shape index (κ1) is 12.2. The summed E-state index contributed by atoms with van der Waals surface area (Å²) in [6.45, 7) is 2.11. The molecule has 0 unspecified atom stereocenters. The molecule has 1 aromatic rings. The van der Waals surface area contributed by atoms with Crippen LogP contribution >= 0.6 is 11.8 Å². The van der Waals surface area contributed by atoms with Gasteiger partial charge in [-0.05, 0) is 19.3 Å². The van der Waals surface area contributed by atoms with E-state index in [-0.39, 0.29) is 11.7 Å². The maximum absolute atomic E-state index is 10.7. The molecule has 0 radical (unpaired) electrons. The van der Waals surface area contributed by atoms with E-state index in [1.165, 1.54) is 31.0 Å². The molecule has 2 heterocycles. The summed E-state index contributed by atoms with van der Waals surface area (Å²) >= 11 is 1.35. The Bertz CT molecular complexity index is 393. The van der Waals surface area contributed by atoms with Crippen molar-refractivity contribution in [2.45, 2.75) is 24.3 Å². The number of carbonyl (C=O) groups is 1. The molecule has 0 aromatic carbocycles. The lowest BCUT2D eigenvalue weighted by molar-refractivity contribution is -0.115. The van der Waals surface area contributed by atoms with Gasteiger partial charge in [-0.1, -0.05) is 11.8 Å². The number of anilines is 1. The number of piperidine rings is 1. The van der Waals surface area contributed by atoms with Crippen molar-refractivity contribution in [1.29, 1.82) is 0 Å². The number of aromatic nitrogens is 2. The molecule has 1 aromatic heterocycles. The van der Waals surface area contributed by atoms with Crippen LogP contribution in [0.1, 0.15) is 19.3 Å². The smallest absolute Gasteiger partial charge is 0.227 e. The molecule has 1 amide bonds. The summed E-state index contributed by atoms with van der Waals surface area (Å²) < 4.78 is 0. The Morgan fingerprint density at radius 3 is 2.82 bits per heavy atom. The van der Waals surface area contributed by atoms with E-state index in [9.17, 15) is 4.79 Å². The lowest BCUT2D eigenvalue weighted by Crippen LogP contribution is -2.30. The van der Waals surface area contributed by atoms with Crippen LogP contribution in [0.3, 0.4) is 0 Å². The number of primary amides is 1. The molecule has 92 valence electrons. The van der Waals surface area contributed by atoms with E-state index >= 15 is 0 Å². The highest BCUT2D eigenvalue weighted by molar-refractivity contribution is 7.99. The first-order valence-corrected chi connectivity index (χ1v) is 6.72. The van der Waals surface area contributed by atoms with Gasteiger partial charge in [0.15, 0.2) is 0 Å². The fraction of sp³-hybridized carbons (Fsp3) is 0.545. The zero-order chi connectivity index (χ0) is 12.1. The zero-order valence-corrected chi connectivity index (χ0v) is 10.4. The first-order chi connectivity index (χ1) is 8.25. The second kappa shape index (κ2) is 5.86. The van der Waals surface area contributed by atoms with Gasteiger partial charge in [-0.15, -0.1) is 0 Å². The Labute approximate surface area is 105 Å². The van der Waals surface area contributed by atoms with Crippen LogP contribution in [0.15, 0.2) is 17.4 Å². The average molecular weight is 252 g/mol. The lowest BCUT2D eigenvalue weighted by Gasteiger charge is -2.27. The number of nitrogens with two attached hydrogens (primary N) is 1. The standard InChI is InChI=1S/C11H16N4OS/c12-9(16)7-17-11-6-10(13-8-14-11)15-4-2-1-3-5-15/h6,8H,1-5,7H2,(H2,12,16). The molecule has 0 saturated carbocycles. The van der Waals surface area contributed by atoms with Crippen molar-refractivity contribution in [2.75, 3.05) is 23.7 Å². The molecule has 0 bridgehead atoms. The molecule has 1 fully saturated rings. The van der Waals surface area contributed by atoms with Crippen LogP contribution in [0, 0.1) is 0 Å². The Balaban J connectivity index is 2.02. The third kappa shape index (κ3) is 3.59. The second-order valence-corrected chi connectivity index (χ2v) is 5.01. The number of hydrogen-bond acceptors (Lipinski definition) is 5. The van der Waals surface area contributed by atoms with Crippen molar-refractivity contribution >= 4 is 23.5 Å². The molecule has 1 saturated heterocycles. The number of rotatable bonds is 4. The third-order valence-electron chi connectivity index (χ3n) is 2.67. The van der Waals surface area contributed by atoms with Gasteiger partial charge in [-0.3, -0.25) is 4.79 Å². The van der Waals surface area contributed by atoms with Crippen molar-refractivity contribution < 1.29 is 4.79 Å². The molecule has 2 rings (SSSR count). The van der Waals surface area contributed by atoms with E-state index < -0.39 is 0 Å². The summed E-state index contributed by atoms with van der Waals surface area (Å²) in [5.41, 5.74) is 5.11. The maximum Gasteiger partial charge on any atom is 0.227 e. The number of thioether (sulfide) groups is 1. The second-order valence-electron chi connectivity index (χ2n) is 4.02. The van der Waals surface area contributed by atoms with E-state index in [1.807, 2.05) is 6.07 Å². The highest BCUT2D eigenvalue weighted by Gasteiger charge is 2.12. The number of nitrogens with zero attached hydrogens (tertiary/aromatic N) is 3. The molecule has 17 heavy (non-hydrogen) atoms. The maximum atomic E-state index is 10.7. The predicted molar refractivity (Wildman–Crippen MR) is 68.0 cm³/mol.